The highest BCUT2D eigenvalue weighted by molar-refractivity contribution is 5.83. The fourth-order valence-electron chi connectivity index (χ4n) is 1.29. The lowest BCUT2D eigenvalue weighted by Gasteiger charge is -2.31. The molecule has 80 valence electrons. The zero-order chi connectivity index (χ0) is 10.6. The Balaban J connectivity index is 2.46. The number of hydrogen-bond donors (Lipinski definition) is 2. The SMILES string of the molecule is COCCN1CC(C(=O)O)NCC1=O. The molecule has 2 N–H and O–H groups in total. The number of carbonyl (C=O) groups excluding carboxylic acids is 1. The number of ether oxygens (including phenoxy) is 1. The lowest BCUT2D eigenvalue weighted by molar-refractivity contribution is -0.144. The molecule has 6 nitrogen and oxygen atoms in total. The van der Waals surface area contributed by atoms with E-state index in [0.29, 0.717) is 13.2 Å². The monoisotopic (exact) mass is 202 g/mol. The van der Waals surface area contributed by atoms with Crippen molar-refractivity contribution in [2.24, 2.45) is 0 Å². The molecule has 0 aromatic carbocycles. The van der Waals surface area contributed by atoms with E-state index in [4.69, 9.17) is 9.84 Å². The van der Waals surface area contributed by atoms with Gasteiger partial charge in [-0.25, -0.2) is 0 Å². The van der Waals surface area contributed by atoms with E-state index in [2.05, 4.69) is 5.32 Å². The van der Waals surface area contributed by atoms with Crippen molar-refractivity contribution in [3.05, 3.63) is 0 Å². The molecular weight excluding hydrogens is 188 g/mol. The topological polar surface area (TPSA) is 78.9 Å². The first-order valence-electron chi connectivity index (χ1n) is 4.38. The Labute approximate surface area is 81.8 Å². The number of nitrogens with zero attached hydrogens (tertiary/aromatic N) is 1. The second-order valence-electron chi connectivity index (χ2n) is 3.10. The van der Waals surface area contributed by atoms with Gasteiger partial charge in [0, 0.05) is 20.2 Å². The van der Waals surface area contributed by atoms with E-state index < -0.39 is 12.0 Å². The van der Waals surface area contributed by atoms with Crippen LogP contribution in [0.3, 0.4) is 0 Å². The minimum absolute atomic E-state index is 0.0837. The summed E-state index contributed by atoms with van der Waals surface area (Å²) in [4.78, 5) is 23.4. The molecule has 1 atom stereocenters. The van der Waals surface area contributed by atoms with Crippen molar-refractivity contribution in [3.63, 3.8) is 0 Å². The number of piperazine rings is 1. The highest BCUT2D eigenvalue weighted by Gasteiger charge is 2.28. The molecular formula is C8H14N2O4. The number of aliphatic carboxylic acids is 1. The molecule has 0 saturated carbocycles. The molecule has 1 aliphatic heterocycles. The van der Waals surface area contributed by atoms with Gasteiger partial charge in [0.15, 0.2) is 0 Å². The maximum Gasteiger partial charge on any atom is 0.322 e. The molecule has 0 bridgehead atoms. The molecule has 0 radical (unpaired) electrons. The predicted molar refractivity (Wildman–Crippen MR) is 47.9 cm³/mol. The van der Waals surface area contributed by atoms with Gasteiger partial charge >= 0.3 is 5.97 Å². The highest BCUT2D eigenvalue weighted by atomic mass is 16.5. The number of amides is 1. The largest absolute Gasteiger partial charge is 0.480 e. The number of carboxylic acids is 1. The van der Waals surface area contributed by atoms with Crippen molar-refractivity contribution in [3.8, 4) is 0 Å². The Morgan fingerprint density at radius 2 is 2.50 bits per heavy atom. The van der Waals surface area contributed by atoms with Crippen LogP contribution in [0, 0.1) is 0 Å². The fourth-order valence-corrected chi connectivity index (χ4v) is 1.29. The second-order valence-corrected chi connectivity index (χ2v) is 3.10. The van der Waals surface area contributed by atoms with Gasteiger partial charge in [0.25, 0.3) is 0 Å². The lowest BCUT2D eigenvalue weighted by atomic mass is 10.2. The third kappa shape index (κ3) is 2.68. The van der Waals surface area contributed by atoms with E-state index in [9.17, 15) is 9.59 Å². The number of rotatable bonds is 4. The smallest absolute Gasteiger partial charge is 0.322 e. The van der Waals surface area contributed by atoms with Crippen LogP contribution in [0.25, 0.3) is 0 Å². The van der Waals surface area contributed by atoms with Crippen LogP contribution in [0.4, 0.5) is 0 Å². The number of carboxylic acid groups (broad SMARTS) is 1. The van der Waals surface area contributed by atoms with Crippen LogP contribution in [-0.2, 0) is 14.3 Å². The zero-order valence-corrected chi connectivity index (χ0v) is 8.02. The Kier molecular flexibility index (Phi) is 3.84. The van der Waals surface area contributed by atoms with Crippen molar-refractivity contribution in [2.45, 2.75) is 6.04 Å². The van der Waals surface area contributed by atoms with Gasteiger partial charge in [-0.15, -0.1) is 0 Å². The molecule has 1 fully saturated rings. The molecule has 0 aromatic heterocycles. The van der Waals surface area contributed by atoms with Gasteiger partial charge in [0.2, 0.25) is 5.91 Å². The molecule has 6 heteroatoms. The van der Waals surface area contributed by atoms with Crippen LogP contribution in [0.5, 0.6) is 0 Å². The highest BCUT2D eigenvalue weighted by Crippen LogP contribution is 2.00. The molecule has 1 saturated heterocycles. The Bertz CT molecular complexity index is 231. The van der Waals surface area contributed by atoms with E-state index in [1.54, 1.807) is 7.11 Å². The first-order chi connectivity index (χ1) is 6.65. The van der Waals surface area contributed by atoms with E-state index in [1.807, 2.05) is 0 Å². The molecule has 0 aliphatic carbocycles. The third-order valence-electron chi connectivity index (χ3n) is 2.12. The summed E-state index contributed by atoms with van der Waals surface area (Å²) in [7, 11) is 1.54. The van der Waals surface area contributed by atoms with Gasteiger partial charge in [-0.1, -0.05) is 0 Å². The summed E-state index contributed by atoms with van der Waals surface area (Å²) < 4.78 is 4.83. The molecule has 1 amide bonds. The van der Waals surface area contributed by atoms with E-state index in [1.165, 1.54) is 4.90 Å². The number of hydrogen-bond acceptors (Lipinski definition) is 4. The number of nitrogens with one attached hydrogen (secondary N) is 1. The van der Waals surface area contributed by atoms with Gasteiger partial charge in [-0.05, 0) is 0 Å². The van der Waals surface area contributed by atoms with Gasteiger partial charge in [0.1, 0.15) is 6.04 Å². The van der Waals surface area contributed by atoms with E-state index >= 15 is 0 Å². The quantitative estimate of drug-likeness (QED) is 0.581. The second kappa shape index (κ2) is 4.92. The molecule has 1 heterocycles. The van der Waals surface area contributed by atoms with E-state index in [0.717, 1.165) is 0 Å². The predicted octanol–water partition coefficient (Wildman–Crippen LogP) is -1.48. The summed E-state index contributed by atoms with van der Waals surface area (Å²) in [6.07, 6.45) is 0. The minimum atomic E-state index is -0.931. The van der Waals surface area contributed by atoms with Crippen LogP contribution in [0.2, 0.25) is 0 Å². The van der Waals surface area contributed by atoms with Crippen molar-refractivity contribution < 1.29 is 19.4 Å². The molecule has 0 aromatic rings. The van der Waals surface area contributed by atoms with Crippen molar-refractivity contribution in [1.82, 2.24) is 10.2 Å². The van der Waals surface area contributed by atoms with Crippen molar-refractivity contribution in [1.29, 1.82) is 0 Å². The Morgan fingerprint density at radius 1 is 1.79 bits per heavy atom. The summed E-state index contributed by atoms with van der Waals surface area (Å²) in [6, 6.07) is -0.662. The van der Waals surface area contributed by atoms with Crippen LogP contribution in [-0.4, -0.2) is 61.3 Å². The summed E-state index contributed by atoms with van der Waals surface area (Å²) in [5.74, 6) is -1.01. The normalized spacial score (nSPS) is 22.5. The average Bonchev–Trinajstić information content (AvgIpc) is 2.16. The average molecular weight is 202 g/mol. The maximum absolute atomic E-state index is 11.3. The maximum atomic E-state index is 11.3. The fraction of sp³-hybridized carbons (Fsp3) is 0.750. The Hall–Kier alpha value is -1.14. The van der Waals surface area contributed by atoms with Gasteiger partial charge < -0.3 is 14.7 Å². The standard InChI is InChI=1S/C8H14N2O4/c1-14-3-2-10-5-6(8(12)13)9-4-7(10)11/h6,9H,2-5H2,1H3,(H,12,13). The third-order valence-corrected chi connectivity index (χ3v) is 2.12. The minimum Gasteiger partial charge on any atom is -0.480 e. The van der Waals surface area contributed by atoms with Crippen LogP contribution < -0.4 is 5.32 Å². The van der Waals surface area contributed by atoms with E-state index in [-0.39, 0.29) is 19.0 Å². The Morgan fingerprint density at radius 3 is 3.07 bits per heavy atom. The molecule has 1 rings (SSSR count). The first kappa shape index (κ1) is 10.9. The van der Waals surface area contributed by atoms with Crippen molar-refractivity contribution in [2.75, 3.05) is 33.4 Å². The lowest BCUT2D eigenvalue weighted by Crippen LogP contribution is -2.57. The summed E-state index contributed by atoms with van der Waals surface area (Å²) >= 11 is 0. The van der Waals surface area contributed by atoms with Crippen LogP contribution >= 0.6 is 0 Å². The summed E-state index contributed by atoms with van der Waals surface area (Å²) in [6.45, 7) is 1.16. The molecule has 1 aliphatic rings. The summed E-state index contributed by atoms with van der Waals surface area (Å²) in [5.41, 5.74) is 0. The van der Waals surface area contributed by atoms with Crippen LogP contribution in [0.15, 0.2) is 0 Å². The molecule has 1 unspecified atom stereocenters. The summed E-state index contributed by atoms with van der Waals surface area (Å²) in [5, 5.41) is 11.4. The van der Waals surface area contributed by atoms with Gasteiger partial charge in [-0.2, -0.15) is 0 Å². The number of methoxy groups -OCH3 is 1. The van der Waals surface area contributed by atoms with Crippen LogP contribution in [0.1, 0.15) is 0 Å². The molecule has 14 heavy (non-hydrogen) atoms. The zero-order valence-electron chi connectivity index (χ0n) is 8.02. The van der Waals surface area contributed by atoms with Gasteiger partial charge in [0.05, 0.1) is 13.2 Å². The molecule has 0 spiro atoms. The number of carbonyl (C=O) groups is 2. The van der Waals surface area contributed by atoms with Crippen molar-refractivity contribution >= 4 is 11.9 Å². The first-order valence-corrected chi connectivity index (χ1v) is 4.38. The van der Waals surface area contributed by atoms with Gasteiger partial charge in [-0.3, -0.25) is 14.9 Å².